The van der Waals surface area contributed by atoms with Crippen molar-refractivity contribution in [3.63, 3.8) is 0 Å². The molecule has 0 aliphatic carbocycles. The first-order valence-electron chi connectivity index (χ1n) is 3.62. The van der Waals surface area contributed by atoms with E-state index in [2.05, 4.69) is 18.8 Å². The summed E-state index contributed by atoms with van der Waals surface area (Å²) in [4.78, 5) is 0. The van der Waals surface area contributed by atoms with E-state index >= 15 is 0 Å². The molecule has 0 saturated carbocycles. The summed E-state index contributed by atoms with van der Waals surface area (Å²) in [5, 5.41) is 3.10. The lowest BCUT2D eigenvalue weighted by atomic mass is 10.3. The zero-order valence-corrected chi connectivity index (χ0v) is 5.54. The van der Waals surface area contributed by atoms with E-state index in [1.165, 1.54) is 12.8 Å². The summed E-state index contributed by atoms with van der Waals surface area (Å²) in [5.74, 6) is 0. The molecule has 0 bridgehead atoms. The van der Waals surface area contributed by atoms with Gasteiger partial charge in [0.05, 0.1) is 1.37 Å². The topological polar surface area (TPSA) is 12.0 Å². The maximum absolute atomic E-state index is 6.96. The van der Waals surface area contributed by atoms with Crippen LogP contribution in [0.2, 0.25) is 0 Å². The maximum Gasteiger partial charge on any atom is 0.0583 e. The molecule has 0 radical (unpaired) electrons. The van der Waals surface area contributed by atoms with Crippen LogP contribution in [-0.2, 0) is 0 Å². The Kier molecular flexibility index (Phi) is 4.88. The summed E-state index contributed by atoms with van der Waals surface area (Å²) >= 11 is 0. The average Bonchev–Trinajstić information content (AvgIpc) is 1.80. The largest absolute Gasteiger partial charge is 0.313 e. The third-order valence-corrected chi connectivity index (χ3v) is 0.957. The summed E-state index contributed by atoms with van der Waals surface area (Å²) in [6.07, 6.45) is 2.39. The van der Waals surface area contributed by atoms with E-state index in [-0.39, 0.29) is 0 Å². The van der Waals surface area contributed by atoms with Crippen LogP contribution in [0.3, 0.4) is 0 Å². The summed E-state index contributed by atoms with van der Waals surface area (Å²) in [6, 6.07) is 0.464. The van der Waals surface area contributed by atoms with E-state index in [1.54, 1.807) is 0 Å². The van der Waals surface area contributed by atoms with E-state index in [0.29, 0.717) is 12.6 Å². The van der Waals surface area contributed by atoms with Crippen molar-refractivity contribution in [2.24, 2.45) is 0 Å². The molecule has 0 unspecified atom stereocenters. The Labute approximate surface area is 53.2 Å². The Morgan fingerprint density at radius 3 is 3.12 bits per heavy atom. The molecule has 0 saturated heterocycles. The van der Waals surface area contributed by atoms with Crippen LogP contribution in [0.25, 0.3) is 0 Å². The Hall–Kier alpha value is -0.300. The standard InChI is InChI=1S/C7H15N/c1-3-5-7-8-6-4-2/h4,8H,2-3,5-7H2,1H3/i4D. The highest BCUT2D eigenvalue weighted by Gasteiger charge is 1.78. The van der Waals surface area contributed by atoms with Gasteiger partial charge in [-0.05, 0) is 13.0 Å². The van der Waals surface area contributed by atoms with Crippen LogP contribution in [0.4, 0.5) is 0 Å². The molecule has 0 aromatic heterocycles. The normalized spacial score (nSPS) is 10.9. The highest BCUT2D eigenvalue weighted by atomic mass is 14.8. The van der Waals surface area contributed by atoms with Crippen molar-refractivity contribution in [3.05, 3.63) is 12.6 Å². The number of rotatable bonds is 5. The Morgan fingerprint density at radius 1 is 1.88 bits per heavy atom. The van der Waals surface area contributed by atoms with Crippen LogP contribution in [0.1, 0.15) is 21.1 Å². The molecule has 0 aromatic carbocycles. The fourth-order valence-electron chi connectivity index (χ4n) is 0.479. The molecular weight excluding hydrogens is 98.1 g/mol. The van der Waals surface area contributed by atoms with Gasteiger partial charge in [-0.25, -0.2) is 0 Å². The fraction of sp³-hybridized carbons (Fsp3) is 0.714. The minimum absolute atomic E-state index is 0.464. The molecule has 0 aromatic rings. The first-order valence-corrected chi connectivity index (χ1v) is 3.12. The zero-order chi connectivity index (χ0) is 7.11. The third kappa shape index (κ3) is 5.70. The molecule has 0 rings (SSSR count). The van der Waals surface area contributed by atoms with Gasteiger partial charge in [0.25, 0.3) is 0 Å². The maximum atomic E-state index is 6.96. The smallest absolute Gasteiger partial charge is 0.0583 e. The molecule has 0 spiro atoms. The first kappa shape index (κ1) is 5.83. The average molecular weight is 114 g/mol. The van der Waals surface area contributed by atoms with Crippen molar-refractivity contribution < 1.29 is 1.37 Å². The number of nitrogens with one attached hydrogen (secondary N) is 1. The van der Waals surface area contributed by atoms with Crippen molar-refractivity contribution in [1.82, 2.24) is 5.32 Å². The van der Waals surface area contributed by atoms with Gasteiger partial charge in [-0.3, -0.25) is 0 Å². The molecule has 0 atom stereocenters. The number of hydrogen-bond donors (Lipinski definition) is 1. The van der Waals surface area contributed by atoms with Crippen molar-refractivity contribution >= 4 is 0 Å². The summed E-state index contributed by atoms with van der Waals surface area (Å²) in [7, 11) is 0. The zero-order valence-electron chi connectivity index (χ0n) is 6.54. The predicted molar refractivity (Wildman–Crippen MR) is 38.0 cm³/mol. The van der Waals surface area contributed by atoms with E-state index in [1.807, 2.05) is 0 Å². The monoisotopic (exact) mass is 114 g/mol. The van der Waals surface area contributed by atoms with Crippen molar-refractivity contribution in [2.45, 2.75) is 19.8 Å². The van der Waals surface area contributed by atoms with Gasteiger partial charge in [0.1, 0.15) is 0 Å². The summed E-state index contributed by atoms with van der Waals surface area (Å²) < 4.78 is 6.96. The van der Waals surface area contributed by atoms with Gasteiger partial charge in [0.2, 0.25) is 0 Å². The lowest BCUT2D eigenvalue weighted by molar-refractivity contribution is 0.682. The van der Waals surface area contributed by atoms with Crippen LogP contribution >= 0.6 is 0 Å². The van der Waals surface area contributed by atoms with E-state index in [0.717, 1.165) is 6.54 Å². The molecule has 0 heterocycles. The molecule has 8 heavy (non-hydrogen) atoms. The molecular formula is C7H15N. The molecule has 1 heteroatoms. The second-order valence-electron chi connectivity index (χ2n) is 1.78. The Balaban J connectivity index is 2.83. The van der Waals surface area contributed by atoms with Gasteiger partial charge in [0, 0.05) is 6.54 Å². The number of hydrogen-bond acceptors (Lipinski definition) is 1. The van der Waals surface area contributed by atoms with Crippen LogP contribution in [0, 0.1) is 0 Å². The van der Waals surface area contributed by atoms with E-state index in [9.17, 15) is 0 Å². The van der Waals surface area contributed by atoms with Crippen LogP contribution in [0.5, 0.6) is 0 Å². The minimum atomic E-state index is 0.464. The van der Waals surface area contributed by atoms with Gasteiger partial charge in [0.15, 0.2) is 0 Å². The minimum Gasteiger partial charge on any atom is -0.313 e. The first-order chi connectivity index (χ1) is 4.27. The lowest BCUT2D eigenvalue weighted by Crippen LogP contribution is -2.14. The molecule has 1 nitrogen and oxygen atoms in total. The quantitative estimate of drug-likeness (QED) is 0.422. The highest BCUT2D eigenvalue weighted by molar-refractivity contribution is 4.68. The second kappa shape index (κ2) is 6.70. The number of unbranched alkanes of at least 4 members (excludes halogenated alkanes) is 1. The molecule has 0 amide bonds. The van der Waals surface area contributed by atoms with Crippen LogP contribution in [-0.4, -0.2) is 13.1 Å². The lowest BCUT2D eigenvalue weighted by Gasteiger charge is -1.96. The van der Waals surface area contributed by atoms with Crippen LogP contribution < -0.4 is 5.32 Å². The van der Waals surface area contributed by atoms with Gasteiger partial charge in [-0.2, -0.15) is 0 Å². The molecule has 1 N–H and O–H groups in total. The van der Waals surface area contributed by atoms with Gasteiger partial charge in [-0.1, -0.05) is 19.4 Å². The molecule has 48 valence electrons. The Bertz CT molecular complexity index is 81.0. The van der Waals surface area contributed by atoms with Crippen molar-refractivity contribution in [1.29, 1.82) is 0 Å². The van der Waals surface area contributed by atoms with E-state index in [4.69, 9.17) is 1.37 Å². The summed E-state index contributed by atoms with van der Waals surface area (Å²) in [5.41, 5.74) is 0. The van der Waals surface area contributed by atoms with Gasteiger partial charge in [-0.15, -0.1) is 6.58 Å². The second-order valence-corrected chi connectivity index (χ2v) is 1.78. The molecule has 0 fully saturated rings. The van der Waals surface area contributed by atoms with E-state index < -0.39 is 0 Å². The molecule has 0 aliphatic rings. The summed E-state index contributed by atoms with van der Waals surface area (Å²) in [6.45, 7) is 7.25. The van der Waals surface area contributed by atoms with Crippen molar-refractivity contribution in [3.8, 4) is 0 Å². The Morgan fingerprint density at radius 2 is 2.62 bits per heavy atom. The highest BCUT2D eigenvalue weighted by Crippen LogP contribution is 1.80. The SMILES string of the molecule is [2H]C(=C)CNCCCC. The predicted octanol–water partition coefficient (Wildman–Crippen LogP) is 1.56. The fourth-order valence-corrected chi connectivity index (χ4v) is 0.479. The van der Waals surface area contributed by atoms with Crippen molar-refractivity contribution in [2.75, 3.05) is 13.1 Å². The molecule has 0 aliphatic heterocycles. The van der Waals surface area contributed by atoms with Gasteiger partial charge >= 0.3 is 0 Å². The van der Waals surface area contributed by atoms with Crippen LogP contribution in [0.15, 0.2) is 12.6 Å². The third-order valence-electron chi connectivity index (χ3n) is 0.957. The van der Waals surface area contributed by atoms with Gasteiger partial charge < -0.3 is 5.32 Å².